The van der Waals surface area contributed by atoms with E-state index in [4.69, 9.17) is 26.8 Å². The molecule has 0 amide bonds. The SMILES string of the molecule is Cc1ccc2c(Cl)c(C(=O)Oc3ccc4c(c3)OC(N)=C(C#N)C4c3ccc(F)cc3)sc2c1. The molecule has 1 aliphatic rings. The normalized spacial score (nSPS) is 14.9. The molecule has 3 aromatic carbocycles. The van der Waals surface area contributed by atoms with E-state index in [2.05, 4.69) is 6.07 Å². The van der Waals surface area contributed by atoms with E-state index < -0.39 is 11.9 Å². The summed E-state index contributed by atoms with van der Waals surface area (Å²) in [5.41, 5.74) is 8.63. The number of thiophene rings is 1. The van der Waals surface area contributed by atoms with E-state index in [1.165, 1.54) is 29.5 Å². The molecule has 0 fully saturated rings. The number of carbonyl (C=O) groups excluding carboxylic acids is 1. The van der Waals surface area contributed by atoms with Crippen molar-refractivity contribution in [1.29, 1.82) is 5.26 Å². The summed E-state index contributed by atoms with van der Waals surface area (Å²) < 4.78 is 25.6. The van der Waals surface area contributed by atoms with Gasteiger partial charge in [0.1, 0.15) is 33.8 Å². The van der Waals surface area contributed by atoms with Crippen LogP contribution in [0.1, 0.15) is 32.3 Å². The summed E-state index contributed by atoms with van der Waals surface area (Å²) in [6.07, 6.45) is 0. The van der Waals surface area contributed by atoms with Gasteiger partial charge in [-0.25, -0.2) is 9.18 Å². The minimum Gasteiger partial charge on any atom is -0.440 e. The largest absolute Gasteiger partial charge is 0.440 e. The number of hydrogen-bond donors (Lipinski definition) is 1. The molecule has 0 aliphatic carbocycles. The molecule has 1 aliphatic heterocycles. The number of halogens is 2. The molecule has 0 spiro atoms. The number of rotatable bonds is 3. The molecule has 0 bridgehead atoms. The minimum atomic E-state index is -0.587. The van der Waals surface area contributed by atoms with Crippen LogP contribution < -0.4 is 15.2 Å². The van der Waals surface area contributed by atoms with Crippen molar-refractivity contribution in [3.63, 3.8) is 0 Å². The number of benzene rings is 3. The minimum absolute atomic E-state index is 0.0595. The van der Waals surface area contributed by atoms with Crippen molar-refractivity contribution in [2.24, 2.45) is 5.73 Å². The number of fused-ring (bicyclic) bond motifs is 2. The molecule has 8 heteroatoms. The molecule has 0 radical (unpaired) electrons. The van der Waals surface area contributed by atoms with E-state index in [-0.39, 0.29) is 23.0 Å². The zero-order valence-electron chi connectivity index (χ0n) is 17.8. The Hall–Kier alpha value is -3.86. The van der Waals surface area contributed by atoms with Gasteiger partial charge in [-0.3, -0.25) is 0 Å². The molecule has 5 nitrogen and oxygen atoms in total. The molecule has 168 valence electrons. The van der Waals surface area contributed by atoms with Crippen molar-refractivity contribution >= 4 is 39.0 Å². The first-order chi connectivity index (χ1) is 16.4. The van der Waals surface area contributed by atoms with Crippen LogP contribution in [-0.2, 0) is 0 Å². The fraction of sp³-hybridized carbons (Fsp3) is 0.0769. The molecule has 34 heavy (non-hydrogen) atoms. The molecular formula is C26H16ClFN2O3S. The first-order valence-corrected chi connectivity index (χ1v) is 11.4. The molecule has 5 rings (SSSR count). The van der Waals surface area contributed by atoms with Gasteiger partial charge in [0.25, 0.3) is 0 Å². The third kappa shape index (κ3) is 3.77. The van der Waals surface area contributed by atoms with Gasteiger partial charge in [-0.05, 0) is 42.3 Å². The van der Waals surface area contributed by atoms with E-state index in [9.17, 15) is 14.4 Å². The van der Waals surface area contributed by atoms with Crippen LogP contribution in [0.3, 0.4) is 0 Å². The summed E-state index contributed by atoms with van der Waals surface area (Å²) in [5.74, 6) is -0.997. The van der Waals surface area contributed by atoms with Crippen LogP contribution in [0.5, 0.6) is 11.5 Å². The fourth-order valence-electron chi connectivity index (χ4n) is 3.95. The summed E-state index contributed by atoms with van der Waals surface area (Å²) >= 11 is 7.70. The van der Waals surface area contributed by atoms with Gasteiger partial charge in [0.2, 0.25) is 5.88 Å². The highest BCUT2D eigenvalue weighted by molar-refractivity contribution is 7.21. The second-order valence-corrected chi connectivity index (χ2v) is 9.24. The molecule has 4 aromatic rings. The number of nitrogens with two attached hydrogens (primary N) is 1. The highest BCUT2D eigenvalue weighted by atomic mass is 35.5. The van der Waals surface area contributed by atoms with Crippen molar-refractivity contribution in [2.75, 3.05) is 0 Å². The number of allylic oxidation sites excluding steroid dienone is 1. The van der Waals surface area contributed by atoms with E-state index in [0.29, 0.717) is 26.8 Å². The molecule has 2 heterocycles. The number of nitriles is 1. The highest BCUT2D eigenvalue weighted by Gasteiger charge is 2.31. The van der Waals surface area contributed by atoms with Gasteiger partial charge in [0, 0.05) is 21.7 Å². The maximum Gasteiger partial charge on any atom is 0.355 e. The topological polar surface area (TPSA) is 85.3 Å². The first kappa shape index (κ1) is 22.0. The lowest BCUT2D eigenvalue weighted by Crippen LogP contribution is -2.21. The quantitative estimate of drug-likeness (QED) is 0.264. The smallest absolute Gasteiger partial charge is 0.355 e. The van der Waals surface area contributed by atoms with E-state index in [1.807, 2.05) is 25.1 Å². The Labute approximate surface area is 203 Å². The predicted molar refractivity (Wildman–Crippen MR) is 129 cm³/mol. The molecule has 1 aromatic heterocycles. The van der Waals surface area contributed by atoms with Gasteiger partial charge in [-0.2, -0.15) is 5.26 Å². The third-order valence-electron chi connectivity index (χ3n) is 5.57. The lowest BCUT2D eigenvalue weighted by atomic mass is 9.83. The number of hydrogen-bond acceptors (Lipinski definition) is 6. The van der Waals surface area contributed by atoms with Crippen LogP contribution in [-0.4, -0.2) is 5.97 Å². The molecule has 1 atom stereocenters. The van der Waals surface area contributed by atoms with Crippen LogP contribution >= 0.6 is 22.9 Å². The Kier molecular flexibility index (Phi) is 5.48. The van der Waals surface area contributed by atoms with Gasteiger partial charge < -0.3 is 15.2 Å². The lowest BCUT2D eigenvalue weighted by molar-refractivity contribution is 0.0740. The van der Waals surface area contributed by atoms with Crippen LogP contribution in [0, 0.1) is 24.1 Å². The lowest BCUT2D eigenvalue weighted by Gasteiger charge is -2.26. The zero-order chi connectivity index (χ0) is 24.0. The molecule has 2 N–H and O–H groups in total. The Morgan fingerprint density at radius 3 is 2.68 bits per heavy atom. The average Bonchev–Trinajstić information content (AvgIpc) is 3.14. The van der Waals surface area contributed by atoms with Crippen LogP contribution in [0.15, 0.2) is 72.1 Å². The Balaban J connectivity index is 1.49. The van der Waals surface area contributed by atoms with Gasteiger partial charge >= 0.3 is 5.97 Å². The van der Waals surface area contributed by atoms with Crippen molar-refractivity contribution < 1.29 is 18.7 Å². The number of carbonyl (C=O) groups is 1. The molecule has 0 saturated carbocycles. The fourth-order valence-corrected chi connectivity index (χ4v) is 5.44. The van der Waals surface area contributed by atoms with E-state index in [0.717, 1.165) is 15.6 Å². The van der Waals surface area contributed by atoms with Crippen LogP contribution in [0.2, 0.25) is 5.02 Å². The average molecular weight is 491 g/mol. The van der Waals surface area contributed by atoms with E-state index >= 15 is 0 Å². The maximum absolute atomic E-state index is 13.5. The standard InChI is InChI=1S/C26H16ClFN2O3S/c1-13-2-8-18-21(10-13)34-24(23(18)27)26(31)32-16-7-9-17-20(11-16)33-25(30)19(12-29)22(17)14-3-5-15(28)6-4-14/h2-11,22H,30H2,1H3. The Bertz CT molecular complexity index is 1540. The summed E-state index contributed by atoms with van der Waals surface area (Å²) in [5, 5.41) is 10.8. The van der Waals surface area contributed by atoms with Crippen molar-refractivity contribution in [3.05, 3.63) is 105 Å². The molecular weight excluding hydrogens is 475 g/mol. The Morgan fingerprint density at radius 1 is 1.18 bits per heavy atom. The van der Waals surface area contributed by atoms with Crippen molar-refractivity contribution in [1.82, 2.24) is 0 Å². The van der Waals surface area contributed by atoms with Crippen molar-refractivity contribution in [3.8, 4) is 17.6 Å². The summed E-state index contributed by atoms with van der Waals surface area (Å²) in [4.78, 5) is 13.2. The second-order valence-electron chi connectivity index (χ2n) is 7.81. The van der Waals surface area contributed by atoms with Gasteiger partial charge in [-0.1, -0.05) is 41.9 Å². The zero-order valence-corrected chi connectivity index (χ0v) is 19.3. The van der Waals surface area contributed by atoms with Crippen molar-refractivity contribution in [2.45, 2.75) is 12.8 Å². The number of nitrogens with zero attached hydrogens (tertiary/aromatic N) is 1. The first-order valence-electron chi connectivity index (χ1n) is 10.2. The Morgan fingerprint density at radius 2 is 1.94 bits per heavy atom. The van der Waals surface area contributed by atoms with Gasteiger partial charge in [-0.15, -0.1) is 11.3 Å². The van der Waals surface area contributed by atoms with Crippen LogP contribution in [0.4, 0.5) is 4.39 Å². The summed E-state index contributed by atoms with van der Waals surface area (Å²) in [6.45, 7) is 1.97. The maximum atomic E-state index is 13.5. The monoisotopic (exact) mass is 490 g/mol. The molecule has 1 unspecified atom stereocenters. The van der Waals surface area contributed by atoms with Crippen LogP contribution in [0.25, 0.3) is 10.1 Å². The van der Waals surface area contributed by atoms with Gasteiger partial charge in [0.05, 0.1) is 10.9 Å². The number of esters is 1. The second kappa shape index (κ2) is 8.49. The predicted octanol–water partition coefficient (Wildman–Crippen LogP) is 6.44. The number of aryl methyl sites for hydroxylation is 1. The number of ether oxygens (including phenoxy) is 2. The van der Waals surface area contributed by atoms with Gasteiger partial charge in [0.15, 0.2) is 0 Å². The summed E-state index contributed by atoms with van der Waals surface area (Å²) in [6, 6.07) is 18.5. The third-order valence-corrected chi connectivity index (χ3v) is 7.21. The van der Waals surface area contributed by atoms with E-state index in [1.54, 1.807) is 24.3 Å². The highest BCUT2D eigenvalue weighted by Crippen LogP contribution is 2.44. The molecule has 0 saturated heterocycles. The summed E-state index contributed by atoms with van der Waals surface area (Å²) in [7, 11) is 0.